The lowest BCUT2D eigenvalue weighted by Gasteiger charge is -2.07. The second-order valence-corrected chi connectivity index (χ2v) is 6.20. The molecular weight excluding hydrogens is 296 g/mol. The van der Waals surface area contributed by atoms with Crippen LogP contribution in [0.2, 0.25) is 0 Å². The second-order valence-electron chi connectivity index (χ2n) is 6.20. The van der Waals surface area contributed by atoms with Gasteiger partial charge in [-0.2, -0.15) is 0 Å². The average molecular weight is 324 g/mol. The summed E-state index contributed by atoms with van der Waals surface area (Å²) in [5.74, 6) is -0.223. The van der Waals surface area contributed by atoms with Crippen LogP contribution in [0.5, 0.6) is 0 Å². The molecular formula is C22H28O2. The summed E-state index contributed by atoms with van der Waals surface area (Å²) in [5.41, 5.74) is 2.78. The van der Waals surface area contributed by atoms with E-state index in [0.29, 0.717) is 12.2 Å². The molecule has 2 nitrogen and oxygen atoms in total. The van der Waals surface area contributed by atoms with Gasteiger partial charge in [-0.3, -0.25) is 0 Å². The molecule has 0 unspecified atom stereocenters. The van der Waals surface area contributed by atoms with Gasteiger partial charge in [-0.25, -0.2) is 4.79 Å². The highest BCUT2D eigenvalue weighted by atomic mass is 16.5. The summed E-state index contributed by atoms with van der Waals surface area (Å²) in [6, 6.07) is 17.7. The van der Waals surface area contributed by atoms with Crippen LogP contribution in [0.1, 0.15) is 62.2 Å². The molecule has 0 fully saturated rings. The van der Waals surface area contributed by atoms with E-state index >= 15 is 0 Å². The summed E-state index contributed by atoms with van der Waals surface area (Å²) in [7, 11) is 0. The van der Waals surface area contributed by atoms with E-state index in [0.717, 1.165) is 24.0 Å². The van der Waals surface area contributed by atoms with Crippen molar-refractivity contribution >= 4 is 5.97 Å². The first-order valence-corrected chi connectivity index (χ1v) is 9.14. The Balaban J connectivity index is 1.75. The van der Waals surface area contributed by atoms with Crippen LogP contribution in [0.25, 0.3) is 11.1 Å². The number of carbonyl (C=O) groups is 1. The standard InChI is InChI=1S/C22H28O2/c1-2-3-4-5-6-7-11-17-24-22(23)21-16-12-15-20(18-21)19-13-9-8-10-14-19/h8-10,12-16,18H,2-7,11,17H2,1H3. The molecule has 0 amide bonds. The molecule has 0 N–H and O–H groups in total. The van der Waals surface area contributed by atoms with Crippen LogP contribution >= 0.6 is 0 Å². The van der Waals surface area contributed by atoms with Gasteiger partial charge >= 0.3 is 5.97 Å². The average Bonchev–Trinajstić information content (AvgIpc) is 2.64. The SMILES string of the molecule is CCCCCCCCCOC(=O)c1cccc(-c2ccccc2)c1. The van der Waals surface area contributed by atoms with Gasteiger partial charge in [-0.1, -0.05) is 87.9 Å². The quantitative estimate of drug-likeness (QED) is 0.381. The fourth-order valence-electron chi connectivity index (χ4n) is 2.76. The molecule has 0 aliphatic heterocycles. The Bertz CT molecular complexity index is 604. The fourth-order valence-corrected chi connectivity index (χ4v) is 2.76. The minimum Gasteiger partial charge on any atom is -0.462 e. The van der Waals surface area contributed by atoms with Crippen LogP contribution in [-0.2, 0) is 4.74 Å². The zero-order valence-electron chi connectivity index (χ0n) is 14.7. The number of rotatable bonds is 10. The lowest BCUT2D eigenvalue weighted by molar-refractivity contribution is 0.0497. The van der Waals surface area contributed by atoms with E-state index in [-0.39, 0.29) is 5.97 Å². The number of hydrogen-bond acceptors (Lipinski definition) is 2. The predicted molar refractivity (Wildman–Crippen MR) is 100 cm³/mol. The molecule has 0 bridgehead atoms. The van der Waals surface area contributed by atoms with Gasteiger partial charge in [0.15, 0.2) is 0 Å². The molecule has 2 aromatic carbocycles. The molecule has 0 aromatic heterocycles. The minimum atomic E-state index is -0.223. The van der Waals surface area contributed by atoms with Crippen molar-refractivity contribution in [1.82, 2.24) is 0 Å². The first kappa shape index (κ1) is 18.3. The molecule has 128 valence electrons. The van der Waals surface area contributed by atoms with E-state index in [9.17, 15) is 4.79 Å². The van der Waals surface area contributed by atoms with Crippen molar-refractivity contribution in [2.45, 2.75) is 51.9 Å². The van der Waals surface area contributed by atoms with Crippen LogP contribution in [0, 0.1) is 0 Å². The molecule has 0 aliphatic carbocycles. The smallest absolute Gasteiger partial charge is 0.338 e. The number of hydrogen-bond donors (Lipinski definition) is 0. The van der Waals surface area contributed by atoms with Gasteiger partial charge in [-0.15, -0.1) is 0 Å². The molecule has 0 heterocycles. The van der Waals surface area contributed by atoms with Crippen LogP contribution in [0.4, 0.5) is 0 Å². The summed E-state index contributed by atoms with van der Waals surface area (Å²) in [6.45, 7) is 2.74. The molecule has 0 saturated heterocycles. The normalized spacial score (nSPS) is 10.5. The highest BCUT2D eigenvalue weighted by molar-refractivity contribution is 5.91. The van der Waals surface area contributed by atoms with Crippen molar-refractivity contribution in [3.8, 4) is 11.1 Å². The second kappa shape index (κ2) is 10.6. The lowest BCUT2D eigenvalue weighted by Crippen LogP contribution is -2.06. The van der Waals surface area contributed by atoms with Gasteiger partial charge in [0.05, 0.1) is 12.2 Å². The maximum absolute atomic E-state index is 12.2. The summed E-state index contributed by atoms with van der Waals surface area (Å²) >= 11 is 0. The maximum atomic E-state index is 12.2. The van der Waals surface area contributed by atoms with Gasteiger partial charge in [0.2, 0.25) is 0 Å². The van der Waals surface area contributed by atoms with Gasteiger partial charge in [0.25, 0.3) is 0 Å². The van der Waals surface area contributed by atoms with E-state index in [4.69, 9.17) is 4.74 Å². The molecule has 2 heteroatoms. The molecule has 0 aliphatic rings. The number of ether oxygens (including phenoxy) is 1. The maximum Gasteiger partial charge on any atom is 0.338 e. The predicted octanol–water partition coefficient (Wildman–Crippen LogP) is 6.26. The van der Waals surface area contributed by atoms with Crippen molar-refractivity contribution in [3.63, 3.8) is 0 Å². The highest BCUT2D eigenvalue weighted by Crippen LogP contribution is 2.20. The molecule has 0 spiro atoms. The number of benzene rings is 2. The van der Waals surface area contributed by atoms with Gasteiger partial charge in [-0.05, 0) is 29.7 Å². The summed E-state index contributed by atoms with van der Waals surface area (Å²) < 4.78 is 5.41. The summed E-state index contributed by atoms with van der Waals surface area (Å²) in [6.07, 6.45) is 8.55. The molecule has 0 atom stereocenters. The van der Waals surface area contributed by atoms with Crippen LogP contribution < -0.4 is 0 Å². The minimum absolute atomic E-state index is 0.223. The third kappa shape index (κ3) is 6.19. The first-order chi connectivity index (χ1) is 11.8. The topological polar surface area (TPSA) is 26.3 Å². The summed E-state index contributed by atoms with van der Waals surface area (Å²) in [4.78, 5) is 12.2. The Hall–Kier alpha value is -2.09. The van der Waals surface area contributed by atoms with E-state index in [2.05, 4.69) is 6.92 Å². The van der Waals surface area contributed by atoms with E-state index < -0.39 is 0 Å². The zero-order chi connectivity index (χ0) is 17.0. The van der Waals surface area contributed by atoms with Crippen molar-refractivity contribution in [2.24, 2.45) is 0 Å². The first-order valence-electron chi connectivity index (χ1n) is 9.14. The van der Waals surface area contributed by atoms with Crippen molar-refractivity contribution in [2.75, 3.05) is 6.61 Å². The molecule has 0 radical (unpaired) electrons. The largest absolute Gasteiger partial charge is 0.462 e. The Morgan fingerprint density at radius 1 is 0.792 bits per heavy atom. The zero-order valence-corrected chi connectivity index (χ0v) is 14.7. The van der Waals surface area contributed by atoms with Gasteiger partial charge < -0.3 is 4.74 Å². The monoisotopic (exact) mass is 324 g/mol. The molecule has 2 aromatic rings. The Labute approximate surface area is 145 Å². The van der Waals surface area contributed by atoms with E-state index in [1.165, 1.54) is 32.1 Å². The van der Waals surface area contributed by atoms with E-state index in [1.807, 2.05) is 54.6 Å². The molecule has 2 rings (SSSR count). The van der Waals surface area contributed by atoms with Gasteiger partial charge in [0, 0.05) is 0 Å². The van der Waals surface area contributed by atoms with Crippen LogP contribution in [-0.4, -0.2) is 12.6 Å². The number of esters is 1. The number of carbonyl (C=O) groups excluding carboxylic acids is 1. The summed E-state index contributed by atoms with van der Waals surface area (Å²) in [5, 5.41) is 0. The van der Waals surface area contributed by atoms with Crippen LogP contribution in [0.15, 0.2) is 54.6 Å². The van der Waals surface area contributed by atoms with Gasteiger partial charge in [0.1, 0.15) is 0 Å². The fraction of sp³-hybridized carbons (Fsp3) is 0.409. The Morgan fingerprint density at radius 2 is 1.46 bits per heavy atom. The Morgan fingerprint density at radius 3 is 2.21 bits per heavy atom. The number of unbranched alkanes of at least 4 members (excludes halogenated alkanes) is 6. The highest BCUT2D eigenvalue weighted by Gasteiger charge is 2.08. The third-order valence-electron chi connectivity index (χ3n) is 4.19. The van der Waals surface area contributed by atoms with Crippen molar-refractivity contribution in [3.05, 3.63) is 60.2 Å². The molecule has 0 saturated carbocycles. The van der Waals surface area contributed by atoms with Crippen LogP contribution in [0.3, 0.4) is 0 Å². The Kier molecular flexibility index (Phi) is 8.09. The lowest BCUT2D eigenvalue weighted by atomic mass is 10.0. The molecule has 24 heavy (non-hydrogen) atoms. The van der Waals surface area contributed by atoms with Crippen molar-refractivity contribution < 1.29 is 9.53 Å². The van der Waals surface area contributed by atoms with Crippen molar-refractivity contribution in [1.29, 1.82) is 0 Å². The van der Waals surface area contributed by atoms with E-state index in [1.54, 1.807) is 0 Å². The third-order valence-corrected chi connectivity index (χ3v) is 4.19.